The lowest BCUT2D eigenvalue weighted by atomic mass is 9.69. The van der Waals surface area contributed by atoms with Crippen molar-refractivity contribution in [3.05, 3.63) is 29.8 Å². The van der Waals surface area contributed by atoms with Crippen LogP contribution in [0, 0.1) is 0 Å². The third-order valence-electron chi connectivity index (χ3n) is 5.29. The van der Waals surface area contributed by atoms with E-state index in [0.29, 0.717) is 12.2 Å². The third-order valence-corrected chi connectivity index (χ3v) is 5.29. The lowest BCUT2D eigenvalue weighted by Gasteiger charge is -2.41. The summed E-state index contributed by atoms with van der Waals surface area (Å²) in [5.74, 6) is 0.571. The van der Waals surface area contributed by atoms with Gasteiger partial charge in [-0.15, -0.1) is 17.0 Å². The summed E-state index contributed by atoms with van der Waals surface area (Å²) in [4.78, 5) is 15.2. The van der Waals surface area contributed by atoms with Crippen molar-refractivity contribution >= 4 is 22.8 Å². The molecule has 1 N–H and O–H groups in total. The Hall–Kier alpha value is -0.870. The highest BCUT2D eigenvalue weighted by Gasteiger charge is 2.41. The average Bonchev–Trinajstić information content (AvgIpc) is 2.58. The number of benzene rings is 1. The van der Waals surface area contributed by atoms with Crippen LogP contribution < -0.4 is 0 Å². The van der Waals surface area contributed by atoms with Gasteiger partial charge in [0.15, 0.2) is 0 Å². The molecular weight excluding hydrogens is 366 g/mol. The van der Waals surface area contributed by atoms with Gasteiger partial charge in [0.1, 0.15) is 11.5 Å². The van der Waals surface area contributed by atoms with Crippen LogP contribution in [0.25, 0.3) is 0 Å². The Kier molecular flexibility index (Phi) is 8.99. The molecule has 1 aliphatic rings. The minimum Gasteiger partial charge on any atom is -0.508 e. The highest BCUT2D eigenvalue weighted by Crippen LogP contribution is 2.38. The molecule has 4 heteroatoms. The standard InChI is InChI=1S/C20H31NO2.BrH/c1-3-5-6-7-13-21-14-11-20(12-15-21,19(23)4-2)17-9-8-10-18(22)16-17;/h8-10,16,22H,3-7,11-15H2,1-2H3;1H. The van der Waals surface area contributed by atoms with Crippen LogP contribution in [0.5, 0.6) is 5.75 Å². The number of nitrogens with zero attached hydrogens (tertiary/aromatic N) is 1. The Morgan fingerprint density at radius 3 is 2.46 bits per heavy atom. The molecule has 136 valence electrons. The largest absolute Gasteiger partial charge is 0.508 e. The summed E-state index contributed by atoms with van der Waals surface area (Å²) >= 11 is 0. The normalized spacial score (nSPS) is 17.2. The lowest BCUT2D eigenvalue weighted by molar-refractivity contribution is -0.126. The number of unbranched alkanes of at least 4 members (excludes halogenated alkanes) is 3. The predicted octanol–water partition coefficient (Wildman–Crippen LogP) is 4.86. The SMILES string of the molecule is Br.CCCCCCN1CCC(C(=O)CC)(c2cccc(O)c2)CC1. The van der Waals surface area contributed by atoms with Crippen LogP contribution in [0.3, 0.4) is 0 Å². The van der Waals surface area contributed by atoms with Gasteiger partial charge >= 0.3 is 0 Å². The van der Waals surface area contributed by atoms with Crippen LogP contribution in [0.1, 0.15) is 64.4 Å². The topological polar surface area (TPSA) is 40.5 Å². The number of aromatic hydroxyl groups is 1. The number of ketones is 1. The molecule has 1 aliphatic heterocycles. The molecule has 0 atom stereocenters. The van der Waals surface area contributed by atoms with Gasteiger partial charge in [-0.2, -0.15) is 0 Å². The monoisotopic (exact) mass is 397 g/mol. The Labute approximate surface area is 157 Å². The summed E-state index contributed by atoms with van der Waals surface area (Å²) in [6.45, 7) is 7.29. The van der Waals surface area contributed by atoms with Crippen molar-refractivity contribution in [2.45, 2.75) is 64.2 Å². The molecule has 2 rings (SSSR count). The van der Waals surface area contributed by atoms with E-state index in [1.807, 2.05) is 19.1 Å². The maximum Gasteiger partial charge on any atom is 0.143 e. The van der Waals surface area contributed by atoms with Crippen molar-refractivity contribution in [3.63, 3.8) is 0 Å². The molecule has 0 unspecified atom stereocenters. The molecule has 0 bridgehead atoms. The van der Waals surface area contributed by atoms with Gasteiger partial charge < -0.3 is 10.0 Å². The number of phenols is 1. The maximum absolute atomic E-state index is 12.7. The quantitative estimate of drug-likeness (QED) is 0.636. The fourth-order valence-electron chi connectivity index (χ4n) is 3.79. The first kappa shape index (κ1) is 21.2. The zero-order valence-corrected chi connectivity index (χ0v) is 16.8. The van der Waals surface area contributed by atoms with Gasteiger partial charge in [0.25, 0.3) is 0 Å². The van der Waals surface area contributed by atoms with E-state index in [1.54, 1.807) is 12.1 Å². The highest BCUT2D eigenvalue weighted by atomic mass is 79.9. The van der Waals surface area contributed by atoms with Crippen LogP contribution >= 0.6 is 17.0 Å². The minimum atomic E-state index is -0.395. The Morgan fingerprint density at radius 2 is 1.88 bits per heavy atom. The van der Waals surface area contributed by atoms with Crippen molar-refractivity contribution in [3.8, 4) is 5.75 Å². The lowest BCUT2D eigenvalue weighted by Crippen LogP contribution is -2.47. The van der Waals surface area contributed by atoms with Gasteiger partial charge in [0.2, 0.25) is 0 Å². The number of hydrogen-bond donors (Lipinski definition) is 1. The van der Waals surface area contributed by atoms with Crippen LogP contribution in [-0.4, -0.2) is 35.4 Å². The molecule has 0 spiro atoms. The van der Waals surface area contributed by atoms with Crippen LogP contribution in [0.2, 0.25) is 0 Å². The fraction of sp³-hybridized carbons (Fsp3) is 0.650. The molecule has 0 aliphatic carbocycles. The summed E-state index contributed by atoms with van der Waals surface area (Å²) < 4.78 is 0. The molecule has 1 aromatic rings. The van der Waals surface area contributed by atoms with E-state index in [4.69, 9.17) is 0 Å². The number of carbonyl (C=O) groups excluding carboxylic acids is 1. The van der Waals surface area contributed by atoms with Gasteiger partial charge in [-0.3, -0.25) is 4.79 Å². The molecule has 3 nitrogen and oxygen atoms in total. The van der Waals surface area contributed by atoms with E-state index in [2.05, 4.69) is 11.8 Å². The van der Waals surface area contributed by atoms with Crippen molar-refractivity contribution in [2.75, 3.05) is 19.6 Å². The number of hydrogen-bond acceptors (Lipinski definition) is 3. The summed E-state index contributed by atoms with van der Waals surface area (Å²) in [5, 5.41) is 9.81. The zero-order chi connectivity index (χ0) is 16.7. The molecule has 1 saturated heterocycles. The van der Waals surface area contributed by atoms with E-state index in [0.717, 1.165) is 38.0 Å². The number of phenolic OH excluding ortho intramolecular Hbond substituents is 1. The fourth-order valence-corrected chi connectivity index (χ4v) is 3.79. The first-order valence-electron chi connectivity index (χ1n) is 9.17. The number of carbonyl (C=O) groups is 1. The van der Waals surface area contributed by atoms with Gasteiger partial charge in [0, 0.05) is 6.42 Å². The second kappa shape index (κ2) is 10.2. The van der Waals surface area contributed by atoms with Gasteiger partial charge in [-0.25, -0.2) is 0 Å². The van der Waals surface area contributed by atoms with Crippen LogP contribution in [0.4, 0.5) is 0 Å². The van der Waals surface area contributed by atoms with E-state index < -0.39 is 5.41 Å². The number of rotatable bonds is 8. The summed E-state index contributed by atoms with van der Waals surface area (Å²) in [5.41, 5.74) is 0.600. The first-order chi connectivity index (χ1) is 11.1. The smallest absolute Gasteiger partial charge is 0.143 e. The number of piperidine rings is 1. The second-order valence-corrected chi connectivity index (χ2v) is 6.81. The van der Waals surface area contributed by atoms with Crippen LogP contribution in [0.15, 0.2) is 24.3 Å². The molecular formula is C20H32BrNO2. The second-order valence-electron chi connectivity index (χ2n) is 6.81. The molecule has 0 radical (unpaired) electrons. The zero-order valence-electron chi connectivity index (χ0n) is 15.1. The van der Waals surface area contributed by atoms with Crippen molar-refractivity contribution in [1.82, 2.24) is 4.90 Å². The highest BCUT2D eigenvalue weighted by molar-refractivity contribution is 8.93. The van der Waals surface area contributed by atoms with E-state index >= 15 is 0 Å². The molecule has 0 saturated carbocycles. The molecule has 1 aromatic carbocycles. The van der Waals surface area contributed by atoms with E-state index in [9.17, 15) is 9.90 Å². The Bertz CT molecular complexity index is 510. The van der Waals surface area contributed by atoms with Gasteiger partial charge in [-0.05, 0) is 56.6 Å². The maximum atomic E-state index is 12.7. The van der Waals surface area contributed by atoms with E-state index in [1.165, 1.54) is 25.7 Å². The third kappa shape index (κ3) is 5.06. The summed E-state index contributed by atoms with van der Waals surface area (Å²) in [7, 11) is 0. The Morgan fingerprint density at radius 1 is 1.17 bits per heavy atom. The predicted molar refractivity (Wildman–Crippen MR) is 105 cm³/mol. The van der Waals surface area contributed by atoms with Gasteiger partial charge in [-0.1, -0.05) is 45.2 Å². The average molecular weight is 398 g/mol. The number of likely N-dealkylation sites (tertiary alicyclic amines) is 1. The van der Waals surface area contributed by atoms with Crippen LogP contribution in [-0.2, 0) is 10.2 Å². The molecule has 1 heterocycles. The molecule has 0 amide bonds. The van der Waals surface area contributed by atoms with Gasteiger partial charge in [0.05, 0.1) is 5.41 Å². The van der Waals surface area contributed by atoms with E-state index in [-0.39, 0.29) is 22.7 Å². The molecule has 24 heavy (non-hydrogen) atoms. The van der Waals surface area contributed by atoms with Crippen molar-refractivity contribution in [1.29, 1.82) is 0 Å². The number of Topliss-reactive ketones (excluding diaryl/α,β-unsaturated/α-hetero) is 1. The summed E-state index contributed by atoms with van der Waals surface area (Å²) in [6.07, 6.45) is 7.45. The molecule has 0 aromatic heterocycles. The number of halogens is 1. The minimum absolute atomic E-state index is 0. The van der Waals surface area contributed by atoms with Crippen molar-refractivity contribution in [2.24, 2.45) is 0 Å². The Balaban J connectivity index is 0.00000288. The summed E-state index contributed by atoms with van der Waals surface area (Å²) in [6, 6.07) is 7.32. The van der Waals surface area contributed by atoms with Crippen molar-refractivity contribution < 1.29 is 9.90 Å². The molecule has 1 fully saturated rings. The first-order valence-corrected chi connectivity index (χ1v) is 9.17.